The number of alkyl halides is 1. The summed E-state index contributed by atoms with van der Waals surface area (Å²) in [6.45, 7) is 5.34. The molecule has 0 amide bonds. The number of imidazole rings is 1. The molecule has 0 bridgehead atoms. The Bertz CT molecular complexity index is 618. The maximum Gasteiger partial charge on any atom is 0.127 e. The van der Waals surface area contributed by atoms with Crippen LogP contribution in [0, 0.1) is 11.8 Å². The second kappa shape index (κ2) is 5.57. The van der Waals surface area contributed by atoms with Gasteiger partial charge in [-0.1, -0.05) is 37.4 Å². The Hall–Kier alpha value is -0.730. The van der Waals surface area contributed by atoms with Gasteiger partial charge in [0.05, 0.1) is 15.9 Å². The van der Waals surface area contributed by atoms with Crippen molar-refractivity contribution in [2.75, 3.05) is 0 Å². The number of para-hydroxylation sites is 1. The molecular formula is C16H20Cl2N2. The van der Waals surface area contributed by atoms with E-state index in [0.717, 1.165) is 35.2 Å². The largest absolute Gasteiger partial charge is 0.326 e. The number of benzene rings is 1. The van der Waals surface area contributed by atoms with Gasteiger partial charge in [0.2, 0.25) is 0 Å². The Morgan fingerprint density at radius 2 is 2.20 bits per heavy atom. The first-order chi connectivity index (χ1) is 9.58. The molecule has 1 aromatic carbocycles. The summed E-state index contributed by atoms with van der Waals surface area (Å²) >= 11 is 12.6. The van der Waals surface area contributed by atoms with E-state index >= 15 is 0 Å². The van der Waals surface area contributed by atoms with Crippen LogP contribution in [0.4, 0.5) is 0 Å². The van der Waals surface area contributed by atoms with Gasteiger partial charge >= 0.3 is 0 Å². The van der Waals surface area contributed by atoms with E-state index in [-0.39, 0.29) is 5.38 Å². The van der Waals surface area contributed by atoms with Crippen LogP contribution in [0.5, 0.6) is 0 Å². The van der Waals surface area contributed by atoms with Crippen LogP contribution in [0.1, 0.15) is 44.3 Å². The molecule has 1 fully saturated rings. The van der Waals surface area contributed by atoms with E-state index in [1.54, 1.807) is 0 Å². The van der Waals surface area contributed by atoms with Crippen LogP contribution >= 0.6 is 23.2 Å². The topological polar surface area (TPSA) is 17.8 Å². The molecule has 4 heteroatoms. The van der Waals surface area contributed by atoms with Crippen molar-refractivity contribution in [2.24, 2.45) is 11.8 Å². The summed E-state index contributed by atoms with van der Waals surface area (Å²) in [6.07, 6.45) is 3.98. The van der Waals surface area contributed by atoms with Gasteiger partial charge in [0, 0.05) is 6.54 Å². The standard InChI is InChI=1S/C16H20Cl2N2/c1-10-5-3-6-12(10)9-20-14-8-4-7-13(18)15(14)19-16(20)11(2)17/h4,7-8,10-12H,3,5-6,9H2,1-2H3. The maximum absolute atomic E-state index is 6.33. The van der Waals surface area contributed by atoms with Crippen molar-refractivity contribution in [3.63, 3.8) is 0 Å². The molecule has 2 aromatic rings. The molecule has 3 unspecified atom stereocenters. The number of rotatable bonds is 3. The molecule has 1 aliphatic rings. The average Bonchev–Trinajstić information content (AvgIpc) is 2.96. The molecule has 1 aliphatic carbocycles. The van der Waals surface area contributed by atoms with Crippen LogP contribution in [0.15, 0.2) is 18.2 Å². The van der Waals surface area contributed by atoms with E-state index in [4.69, 9.17) is 23.2 Å². The molecular weight excluding hydrogens is 291 g/mol. The van der Waals surface area contributed by atoms with Gasteiger partial charge in [-0.3, -0.25) is 0 Å². The fourth-order valence-corrected chi connectivity index (χ4v) is 3.73. The Morgan fingerprint density at radius 1 is 1.40 bits per heavy atom. The molecule has 3 atom stereocenters. The van der Waals surface area contributed by atoms with Gasteiger partial charge in [0.25, 0.3) is 0 Å². The van der Waals surface area contributed by atoms with Crippen molar-refractivity contribution in [3.05, 3.63) is 29.0 Å². The second-order valence-electron chi connectivity index (χ2n) is 5.97. The van der Waals surface area contributed by atoms with Crippen LogP contribution in [-0.4, -0.2) is 9.55 Å². The third-order valence-electron chi connectivity index (χ3n) is 4.57. The molecule has 0 radical (unpaired) electrons. The van der Waals surface area contributed by atoms with Crippen molar-refractivity contribution in [1.82, 2.24) is 9.55 Å². The summed E-state index contributed by atoms with van der Waals surface area (Å²) < 4.78 is 2.28. The van der Waals surface area contributed by atoms with Gasteiger partial charge in [0.15, 0.2) is 0 Å². The van der Waals surface area contributed by atoms with Gasteiger partial charge < -0.3 is 4.57 Å². The van der Waals surface area contributed by atoms with E-state index in [9.17, 15) is 0 Å². The molecule has 0 saturated heterocycles. The Labute approximate surface area is 130 Å². The lowest BCUT2D eigenvalue weighted by Gasteiger charge is -2.19. The van der Waals surface area contributed by atoms with Crippen molar-refractivity contribution in [2.45, 2.75) is 45.0 Å². The van der Waals surface area contributed by atoms with Gasteiger partial charge in [-0.25, -0.2) is 4.98 Å². The molecule has 0 spiro atoms. The van der Waals surface area contributed by atoms with Gasteiger partial charge in [-0.05, 0) is 37.3 Å². The third kappa shape index (κ3) is 2.44. The normalized spacial score (nSPS) is 24.4. The molecule has 1 saturated carbocycles. The number of aromatic nitrogens is 2. The first kappa shape index (κ1) is 14.2. The van der Waals surface area contributed by atoms with E-state index in [1.165, 1.54) is 19.3 Å². The van der Waals surface area contributed by atoms with Crippen molar-refractivity contribution >= 4 is 34.2 Å². The fraction of sp³-hybridized carbons (Fsp3) is 0.562. The summed E-state index contributed by atoms with van der Waals surface area (Å²) in [5.74, 6) is 2.44. The monoisotopic (exact) mass is 310 g/mol. The van der Waals surface area contributed by atoms with Crippen LogP contribution in [0.3, 0.4) is 0 Å². The molecule has 2 nitrogen and oxygen atoms in total. The summed E-state index contributed by atoms with van der Waals surface area (Å²) in [4.78, 5) is 4.68. The summed E-state index contributed by atoms with van der Waals surface area (Å²) in [7, 11) is 0. The summed E-state index contributed by atoms with van der Waals surface area (Å²) in [5.41, 5.74) is 1.99. The Morgan fingerprint density at radius 3 is 2.85 bits per heavy atom. The molecule has 0 N–H and O–H groups in total. The Balaban J connectivity index is 2.07. The lowest BCUT2D eigenvalue weighted by atomic mass is 9.98. The Kier molecular flexibility index (Phi) is 3.96. The third-order valence-corrected chi connectivity index (χ3v) is 5.07. The van der Waals surface area contributed by atoms with Gasteiger partial charge in [-0.15, -0.1) is 11.6 Å². The number of hydrogen-bond donors (Lipinski definition) is 0. The van der Waals surface area contributed by atoms with Crippen molar-refractivity contribution in [1.29, 1.82) is 0 Å². The number of hydrogen-bond acceptors (Lipinski definition) is 1. The molecule has 20 heavy (non-hydrogen) atoms. The second-order valence-corrected chi connectivity index (χ2v) is 7.03. The van der Waals surface area contributed by atoms with Gasteiger partial charge in [0.1, 0.15) is 11.3 Å². The molecule has 3 rings (SSSR count). The molecule has 0 aliphatic heterocycles. The van der Waals surface area contributed by atoms with E-state index in [2.05, 4.69) is 22.5 Å². The number of nitrogens with zero attached hydrogens (tertiary/aromatic N) is 2. The predicted molar refractivity (Wildman–Crippen MR) is 85.5 cm³/mol. The van der Waals surface area contributed by atoms with Crippen LogP contribution in [0.25, 0.3) is 11.0 Å². The highest BCUT2D eigenvalue weighted by atomic mass is 35.5. The molecule has 108 valence electrons. The quantitative estimate of drug-likeness (QED) is 0.691. The minimum Gasteiger partial charge on any atom is -0.326 e. The first-order valence-corrected chi connectivity index (χ1v) is 8.18. The molecule has 1 aromatic heterocycles. The van der Waals surface area contributed by atoms with Gasteiger partial charge in [-0.2, -0.15) is 0 Å². The highest BCUT2D eigenvalue weighted by Crippen LogP contribution is 2.35. The zero-order valence-corrected chi connectivity index (χ0v) is 13.5. The zero-order chi connectivity index (χ0) is 14.3. The summed E-state index contributed by atoms with van der Waals surface area (Å²) in [5, 5.41) is 0.606. The van der Waals surface area contributed by atoms with Crippen LogP contribution in [0.2, 0.25) is 5.02 Å². The molecule has 1 heterocycles. The first-order valence-electron chi connectivity index (χ1n) is 7.36. The predicted octanol–water partition coefficient (Wildman–Crippen LogP) is 5.43. The SMILES string of the molecule is CC(Cl)c1nc2c(Cl)cccc2n1CC1CCCC1C. The fourth-order valence-electron chi connectivity index (χ4n) is 3.35. The van der Waals surface area contributed by atoms with E-state index < -0.39 is 0 Å². The maximum atomic E-state index is 6.33. The van der Waals surface area contributed by atoms with E-state index in [1.807, 2.05) is 19.1 Å². The van der Waals surface area contributed by atoms with E-state index in [0.29, 0.717) is 5.02 Å². The average molecular weight is 311 g/mol. The zero-order valence-electron chi connectivity index (χ0n) is 11.9. The number of halogens is 2. The lowest BCUT2D eigenvalue weighted by Crippen LogP contribution is -2.15. The minimum atomic E-state index is -0.102. The lowest BCUT2D eigenvalue weighted by molar-refractivity contribution is 0.363. The van der Waals surface area contributed by atoms with Crippen molar-refractivity contribution in [3.8, 4) is 0 Å². The highest BCUT2D eigenvalue weighted by Gasteiger charge is 2.26. The highest BCUT2D eigenvalue weighted by molar-refractivity contribution is 6.35. The minimum absolute atomic E-state index is 0.102. The van der Waals surface area contributed by atoms with Crippen molar-refractivity contribution < 1.29 is 0 Å². The smallest absolute Gasteiger partial charge is 0.127 e. The van der Waals surface area contributed by atoms with Crippen LogP contribution < -0.4 is 0 Å². The summed E-state index contributed by atoms with van der Waals surface area (Å²) in [6, 6.07) is 5.97. The number of fused-ring (bicyclic) bond motifs is 1. The van der Waals surface area contributed by atoms with Crippen LogP contribution in [-0.2, 0) is 6.54 Å².